The number of ether oxygens (including phenoxy) is 1. The number of rotatable bonds is 3. The van der Waals surface area contributed by atoms with Crippen LogP contribution < -0.4 is 10.9 Å². The molecule has 1 fully saturated rings. The Balaban J connectivity index is 1.52. The molecular weight excluding hydrogens is 370 g/mol. The molecule has 0 spiro atoms. The van der Waals surface area contributed by atoms with Crippen LogP contribution in [0.5, 0.6) is 0 Å². The minimum atomic E-state index is -0.464. The highest BCUT2D eigenvalue weighted by molar-refractivity contribution is 6.05. The Morgan fingerprint density at radius 3 is 2.66 bits per heavy atom. The molecule has 29 heavy (non-hydrogen) atoms. The molecule has 2 aliphatic rings. The van der Waals surface area contributed by atoms with Gasteiger partial charge in [-0.15, -0.1) is 0 Å². The van der Waals surface area contributed by atoms with Crippen molar-refractivity contribution in [1.29, 1.82) is 0 Å². The summed E-state index contributed by atoms with van der Waals surface area (Å²) in [7, 11) is 0. The van der Waals surface area contributed by atoms with E-state index in [1.807, 2.05) is 0 Å². The van der Waals surface area contributed by atoms with Crippen LogP contribution in [0.15, 0.2) is 35.1 Å². The molecule has 1 aromatic heterocycles. The monoisotopic (exact) mass is 395 g/mol. The van der Waals surface area contributed by atoms with Crippen LogP contribution in [0.1, 0.15) is 51.2 Å². The first-order chi connectivity index (χ1) is 14.1. The topological polar surface area (TPSA) is 91.5 Å². The maximum atomic E-state index is 12.7. The van der Waals surface area contributed by atoms with Gasteiger partial charge in [-0.25, -0.2) is 0 Å². The maximum absolute atomic E-state index is 12.7. The van der Waals surface area contributed by atoms with Crippen molar-refractivity contribution >= 4 is 17.5 Å². The van der Waals surface area contributed by atoms with Crippen molar-refractivity contribution in [1.82, 2.24) is 9.88 Å². The lowest BCUT2D eigenvalue weighted by Gasteiger charge is -2.27. The number of aromatic nitrogens is 1. The molecule has 2 heterocycles. The van der Waals surface area contributed by atoms with Gasteiger partial charge in [0.2, 0.25) is 0 Å². The minimum Gasteiger partial charge on any atom is -0.378 e. The third-order valence-corrected chi connectivity index (χ3v) is 5.50. The fourth-order valence-electron chi connectivity index (χ4n) is 3.90. The van der Waals surface area contributed by atoms with E-state index in [1.54, 1.807) is 35.2 Å². The molecule has 1 saturated heterocycles. The van der Waals surface area contributed by atoms with E-state index < -0.39 is 5.91 Å². The molecule has 4 rings (SSSR count). The van der Waals surface area contributed by atoms with Crippen LogP contribution in [0, 0.1) is 0 Å². The van der Waals surface area contributed by atoms with Crippen LogP contribution in [0.3, 0.4) is 0 Å². The number of hydrogen-bond donors (Lipinski definition) is 2. The predicted octanol–water partition coefficient (Wildman–Crippen LogP) is 2.37. The zero-order valence-electron chi connectivity index (χ0n) is 16.3. The van der Waals surface area contributed by atoms with Gasteiger partial charge in [-0.1, -0.05) is 12.5 Å². The molecule has 0 radical (unpaired) electrons. The summed E-state index contributed by atoms with van der Waals surface area (Å²) in [6.07, 6.45) is 4.96. The second kappa shape index (κ2) is 8.61. The number of benzene rings is 1. The van der Waals surface area contributed by atoms with Crippen LogP contribution in [-0.4, -0.2) is 48.0 Å². The Bertz CT molecular complexity index is 976. The summed E-state index contributed by atoms with van der Waals surface area (Å²) < 4.78 is 5.29. The average molecular weight is 395 g/mol. The quantitative estimate of drug-likeness (QED) is 0.781. The minimum absolute atomic E-state index is 0.0905. The largest absolute Gasteiger partial charge is 0.378 e. The maximum Gasteiger partial charge on any atom is 0.261 e. The van der Waals surface area contributed by atoms with Crippen molar-refractivity contribution in [2.24, 2.45) is 0 Å². The normalized spacial score (nSPS) is 16.6. The predicted molar refractivity (Wildman–Crippen MR) is 109 cm³/mol. The van der Waals surface area contributed by atoms with E-state index in [1.165, 1.54) is 0 Å². The van der Waals surface area contributed by atoms with Gasteiger partial charge in [-0.3, -0.25) is 14.4 Å². The first-order valence-corrected chi connectivity index (χ1v) is 10.2. The molecule has 7 nitrogen and oxygen atoms in total. The fraction of sp³-hybridized carbons (Fsp3) is 0.409. The molecule has 1 aromatic carbocycles. The van der Waals surface area contributed by atoms with Gasteiger partial charge in [0.05, 0.1) is 13.2 Å². The lowest BCUT2D eigenvalue weighted by Crippen LogP contribution is -2.40. The van der Waals surface area contributed by atoms with Gasteiger partial charge < -0.3 is 19.9 Å². The molecule has 2 amide bonds. The van der Waals surface area contributed by atoms with Crippen LogP contribution in [0.25, 0.3) is 0 Å². The van der Waals surface area contributed by atoms with Crippen molar-refractivity contribution in [2.45, 2.75) is 32.1 Å². The Hall–Kier alpha value is -2.93. The number of hydrogen-bond acceptors (Lipinski definition) is 4. The van der Waals surface area contributed by atoms with E-state index in [9.17, 15) is 14.4 Å². The summed E-state index contributed by atoms with van der Waals surface area (Å²) in [6.45, 7) is 2.17. The van der Waals surface area contributed by atoms with Crippen molar-refractivity contribution < 1.29 is 14.3 Å². The van der Waals surface area contributed by atoms with Crippen LogP contribution >= 0.6 is 0 Å². The molecule has 7 heteroatoms. The summed E-state index contributed by atoms with van der Waals surface area (Å²) in [5.74, 6) is -0.554. The smallest absolute Gasteiger partial charge is 0.261 e. The Labute approximate surface area is 169 Å². The summed E-state index contributed by atoms with van der Waals surface area (Å²) in [5.41, 5.74) is 2.72. The number of pyridine rings is 1. The van der Waals surface area contributed by atoms with E-state index in [0.717, 1.165) is 43.4 Å². The van der Waals surface area contributed by atoms with E-state index in [-0.39, 0.29) is 17.0 Å². The van der Waals surface area contributed by atoms with Crippen molar-refractivity contribution in [3.63, 3.8) is 0 Å². The molecule has 152 valence electrons. The Morgan fingerprint density at radius 1 is 1.03 bits per heavy atom. The summed E-state index contributed by atoms with van der Waals surface area (Å²) in [5, 5.41) is 2.77. The van der Waals surface area contributed by atoms with Crippen LogP contribution in [0.2, 0.25) is 0 Å². The zero-order chi connectivity index (χ0) is 20.2. The lowest BCUT2D eigenvalue weighted by molar-refractivity contribution is 0.0303. The second-order valence-electron chi connectivity index (χ2n) is 7.52. The van der Waals surface area contributed by atoms with Gasteiger partial charge in [0, 0.05) is 30.0 Å². The number of carbonyl (C=O) groups is 2. The van der Waals surface area contributed by atoms with Gasteiger partial charge in [0.15, 0.2) is 0 Å². The van der Waals surface area contributed by atoms with Crippen LogP contribution in [0.4, 0.5) is 5.69 Å². The van der Waals surface area contributed by atoms with Crippen molar-refractivity contribution in [3.05, 3.63) is 63.1 Å². The zero-order valence-corrected chi connectivity index (χ0v) is 16.3. The number of fused-ring (bicyclic) bond motifs is 1. The number of morpholine rings is 1. The molecule has 1 aliphatic carbocycles. The van der Waals surface area contributed by atoms with Gasteiger partial charge >= 0.3 is 0 Å². The van der Waals surface area contributed by atoms with E-state index >= 15 is 0 Å². The number of aromatic amines is 1. The van der Waals surface area contributed by atoms with E-state index in [2.05, 4.69) is 10.3 Å². The first-order valence-electron chi connectivity index (χ1n) is 10.2. The number of carbonyl (C=O) groups excluding carboxylic acids is 2. The number of nitrogens with zero attached hydrogens (tertiary/aromatic N) is 1. The lowest BCUT2D eigenvalue weighted by atomic mass is 10.1. The number of H-pyrrole nitrogens is 1. The number of amides is 2. The SMILES string of the molecule is O=C(Nc1cccc(C(=O)N2CCOCC2)c1)c1cc2c([nH]c1=O)CCCCC2. The van der Waals surface area contributed by atoms with Gasteiger partial charge in [-0.2, -0.15) is 0 Å². The Morgan fingerprint density at radius 2 is 1.83 bits per heavy atom. The highest BCUT2D eigenvalue weighted by Crippen LogP contribution is 2.19. The molecule has 0 atom stereocenters. The molecule has 0 bridgehead atoms. The standard InChI is InChI=1S/C22H25N3O4/c26-20(18-14-15-5-2-1-3-8-19(15)24-21(18)27)23-17-7-4-6-16(13-17)22(28)25-9-11-29-12-10-25/h4,6-7,13-14H,1-3,5,8-12H2,(H,23,26)(H,24,27). The highest BCUT2D eigenvalue weighted by atomic mass is 16.5. The molecule has 2 aromatic rings. The number of aryl methyl sites for hydroxylation is 2. The number of anilines is 1. The van der Waals surface area contributed by atoms with Crippen LogP contribution in [-0.2, 0) is 17.6 Å². The molecular formula is C22H25N3O4. The fourth-order valence-corrected chi connectivity index (χ4v) is 3.90. The summed E-state index contributed by atoms with van der Waals surface area (Å²) in [4.78, 5) is 42.5. The average Bonchev–Trinajstić information content (AvgIpc) is 2.98. The molecule has 2 N–H and O–H groups in total. The third kappa shape index (κ3) is 4.40. The molecule has 1 aliphatic heterocycles. The van der Waals surface area contributed by atoms with E-state index in [0.29, 0.717) is 37.6 Å². The third-order valence-electron chi connectivity index (χ3n) is 5.50. The molecule has 0 saturated carbocycles. The highest BCUT2D eigenvalue weighted by Gasteiger charge is 2.20. The summed E-state index contributed by atoms with van der Waals surface area (Å²) >= 11 is 0. The van der Waals surface area contributed by atoms with Crippen molar-refractivity contribution in [2.75, 3.05) is 31.6 Å². The first kappa shape index (κ1) is 19.4. The Kier molecular flexibility index (Phi) is 5.76. The second-order valence-corrected chi connectivity index (χ2v) is 7.52. The summed E-state index contributed by atoms with van der Waals surface area (Å²) in [6, 6.07) is 8.53. The van der Waals surface area contributed by atoms with Crippen molar-refractivity contribution in [3.8, 4) is 0 Å². The molecule has 0 unspecified atom stereocenters. The van der Waals surface area contributed by atoms with Gasteiger partial charge in [-0.05, 0) is 55.5 Å². The van der Waals surface area contributed by atoms with Gasteiger partial charge in [0.25, 0.3) is 17.4 Å². The van der Waals surface area contributed by atoms with Gasteiger partial charge in [0.1, 0.15) is 5.56 Å². The van der Waals surface area contributed by atoms with E-state index in [4.69, 9.17) is 4.74 Å². The number of nitrogens with one attached hydrogen (secondary N) is 2.